The van der Waals surface area contributed by atoms with Crippen LogP contribution < -0.4 is 0 Å². The van der Waals surface area contributed by atoms with Crippen molar-refractivity contribution in [2.24, 2.45) is 0 Å². The highest BCUT2D eigenvalue weighted by molar-refractivity contribution is 7.58. The van der Waals surface area contributed by atoms with Gasteiger partial charge in [0.05, 0.1) is 12.2 Å². The summed E-state index contributed by atoms with van der Waals surface area (Å²) in [4.78, 5) is 0. The van der Waals surface area contributed by atoms with Gasteiger partial charge in [-0.3, -0.25) is 4.57 Å². The Hall–Kier alpha value is -1.91. The molecule has 0 spiro atoms. The fourth-order valence-electron chi connectivity index (χ4n) is 4.04. The van der Waals surface area contributed by atoms with Crippen LogP contribution >= 0.6 is 7.60 Å². The van der Waals surface area contributed by atoms with E-state index < -0.39 is 7.60 Å². The van der Waals surface area contributed by atoms with Crippen LogP contribution in [0.4, 0.5) is 0 Å². The third-order valence-corrected chi connectivity index (χ3v) is 7.33. The monoisotopic (exact) mass is 444 g/mol. The zero-order chi connectivity index (χ0) is 22.4. The summed E-state index contributed by atoms with van der Waals surface area (Å²) < 4.78 is 31.8. The van der Waals surface area contributed by atoms with Crippen molar-refractivity contribution in [1.29, 1.82) is 0 Å². The summed E-state index contributed by atoms with van der Waals surface area (Å²) in [6.07, 6.45) is 1.33. The number of aliphatic hydroxyl groups excluding tert-OH is 1. The largest absolute Gasteiger partial charge is 0.482 e. The van der Waals surface area contributed by atoms with Crippen molar-refractivity contribution >= 4 is 7.60 Å². The molecule has 0 unspecified atom stereocenters. The Kier molecular flexibility index (Phi) is 8.12. The van der Waals surface area contributed by atoms with Crippen molar-refractivity contribution < 1.29 is 23.5 Å². The number of ether oxygens (including phenoxy) is 1. The maximum Gasteiger partial charge on any atom is 0.395 e. The summed E-state index contributed by atoms with van der Waals surface area (Å²) >= 11 is 0. The maximum absolute atomic E-state index is 13.9. The average molecular weight is 445 g/mol. The average Bonchev–Trinajstić information content (AvgIpc) is 2.73. The van der Waals surface area contributed by atoms with Crippen LogP contribution in [0.5, 0.6) is 0 Å². The van der Waals surface area contributed by atoms with E-state index in [9.17, 15) is 9.67 Å². The van der Waals surface area contributed by atoms with Gasteiger partial charge in [0.25, 0.3) is 0 Å². The van der Waals surface area contributed by atoms with Crippen LogP contribution in [0.2, 0.25) is 0 Å². The van der Waals surface area contributed by atoms with E-state index >= 15 is 0 Å². The Morgan fingerprint density at radius 3 is 1.90 bits per heavy atom. The van der Waals surface area contributed by atoms with Crippen molar-refractivity contribution in [3.8, 4) is 0 Å². The Balaban J connectivity index is 2.14. The van der Waals surface area contributed by atoms with Crippen LogP contribution in [0.3, 0.4) is 0 Å². The summed E-state index contributed by atoms with van der Waals surface area (Å²) in [7, 11) is -3.69. The molecule has 3 rings (SSSR count). The lowest BCUT2D eigenvalue weighted by Gasteiger charge is -2.39. The Morgan fingerprint density at radius 2 is 1.42 bits per heavy atom. The summed E-state index contributed by atoms with van der Waals surface area (Å²) in [5.74, 6) is -0.158. The van der Waals surface area contributed by atoms with Gasteiger partial charge < -0.3 is 18.9 Å². The van der Waals surface area contributed by atoms with E-state index in [-0.39, 0.29) is 42.3 Å². The summed E-state index contributed by atoms with van der Waals surface area (Å²) in [5, 5.41) is 9.79. The summed E-state index contributed by atoms with van der Waals surface area (Å²) in [6.45, 7) is 7.26. The predicted molar refractivity (Wildman–Crippen MR) is 123 cm³/mol. The van der Waals surface area contributed by atoms with Crippen molar-refractivity contribution in [2.45, 2.75) is 64.3 Å². The van der Waals surface area contributed by atoms with Gasteiger partial charge in [-0.2, -0.15) is 0 Å². The standard InChI is InChI=1S/C25H33O5P/c1-18(2)29-31(27,30-19(3)4)24-17-22(20-11-7-5-8-12-20)25(23(28-24)15-16-26)21-13-9-6-10-14-21/h5-14,17-19,22-23,25-26H,15-16H2,1-4H3/t22-,23+,25-/m0/s1. The predicted octanol–water partition coefficient (Wildman–Crippen LogP) is 6.22. The first-order valence-corrected chi connectivity index (χ1v) is 12.4. The molecule has 1 aliphatic heterocycles. The molecule has 31 heavy (non-hydrogen) atoms. The fourth-order valence-corrected chi connectivity index (χ4v) is 6.01. The van der Waals surface area contributed by atoms with Crippen molar-refractivity contribution in [3.05, 3.63) is 83.4 Å². The van der Waals surface area contributed by atoms with Crippen molar-refractivity contribution in [1.82, 2.24) is 0 Å². The maximum atomic E-state index is 13.9. The van der Waals surface area contributed by atoms with Gasteiger partial charge in [0.1, 0.15) is 6.10 Å². The van der Waals surface area contributed by atoms with E-state index in [1.807, 2.05) is 70.2 Å². The van der Waals surface area contributed by atoms with Crippen LogP contribution in [0, 0.1) is 0 Å². The first kappa shape index (κ1) is 23.7. The molecule has 0 saturated carbocycles. The van der Waals surface area contributed by atoms with Gasteiger partial charge in [-0.05, 0) is 44.9 Å². The molecule has 0 saturated heterocycles. The van der Waals surface area contributed by atoms with Crippen molar-refractivity contribution in [2.75, 3.05) is 6.61 Å². The van der Waals surface area contributed by atoms with E-state index in [1.165, 1.54) is 0 Å². The van der Waals surface area contributed by atoms with Crippen LogP contribution in [-0.4, -0.2) is 30.0 Å². The molecular weight excluding hydrogens is 411 g/mol. The quantitative estimate of drug-likeness (QED) is 0.465. The third-order valence-electron chi connectivity index (χ3n) is 5.13. The zero-order valence-corrected chi connectivity index (χ0v) is 19.6. The van der Waals surface area contributed by atoms with E-state index in [0.29, 0.717) is 6.42 Å². The number of allylic oxidation sites excluding steroid dienone is 1. The number of hydrogen-bond acceptors (Lipinski definition) is 5. The molecule has 1 N–H and O–H groups in total. The summed E-state index contributed by atoms with van der Waals surface area (Å²) in [5.41, 5.74) is 2.42. The second-order valence-corrected chi connectivity index (χ2v) is 10.2. The lowest BCUT2D eigenvalue weighted by molar-refractivity contribution is 0.0458. The molecule has 2 aromatic rings. The van der Waals surface area contributed by atoms with Crippen LogP contribution in [-0.2, 0) is 18.3 Å². The van der Waals surface area contributed by atoms with E-state index in [2.05, 4.69) is 24.3 Å². The highest BCUT2D eigenvalue weighted by Crippen LogP contribution is 2.62. The normalized spacial score (nSPS) is 21.8. The van der Waals surface area contributed by atoms with Crippen LogP contribution in [0.1, 0.15) is 57.1 Å². The van der Waals surface area contributed by atoms with Gasteiger partial charge in [0.15, 0.2) is 0 Å². The zero-order valence-electron chi connectivity index (χ0n) is 18.7. The molecule has 0 amide bonds. The highest BCUT2D eigenvalue weighted by Gasteiger charge is 2.44. The lowest BCUT2D eigenvalue weighted by Crippen LogP contribution is -2.32. The highest BCUT2D eigenvalue weighted by atomic mass is 31.2. The van der Waals surface area contributed by atoms with Gasteiger partial charge in [-0.1, -0.05) is 60.7 Å². The minimum Gasteiger partial charge on any atom is -0.482 e. The Labute approximate surface area is 185 Å². The second-order valence-electron chi connectivity index (χ2n) is 8.35. The molecule has 1 aliphatic rings. The Bertz CT molecular complexity index is 881. The minimum absolute atomic E-state index is 0.0385. The molecule has 0 radical (unpaired) electrons. The molecule has 0 aliphatic carbocycles. The van der Waals surface area contributed by atoms with Crippen LogP contribution in [0.25, 0.3) is 0 Å². The summed E-state index contributed by atoms with van der Waals surface area (Å²) in [6, 6.07) is 20.2. The second kappa shape index (κ2) is 10.6. The van der Waals surface area contributed by atoms with Gasteiger partial charge in [0.2, 0.25) is 5.50 Å². The third kappa shape index (κ3) is 5.87. The number of aliphatic hydroxyl groups is 1. The number of hydrogen-bond donors (Lipinski definition) is 1. The SMILES string of the molecule is CC(C)OP(=O)(OC(C)C)C1=C[C@@H](c2ccccc2)[C@H](c2ccccc2)[C@@H](CCO)O1. The molecule has 5 nitrogen and oxygen atoms in total. The first-order valence-electron chi connectivity index (χ1n) is 10.9. The molecule has 6 heteroatoms. The topological polar surface area (TPSA) is 65.0 Å². The molecule has 1 heterocycles. The molecule has 0 fully saturated rings. The molecule has 0 bridgehead atoms. The van der Waals surface area contributed by atoms with E-state index in [1.54, 1.807) is 0 Å². The molecular formula is C25H33O5P. The lowest BCUT2D eigenvalue weighted by atomic mass is 9.76. The Morgan fingerprint density at radius 1 is 0.903 bits per heavy atom. The van der Waals surface area contributed by atoms with Gasteiger partial charge >= 0.3 is 7.60 Å². The number of rotatable bonds is 9. The fraction of sp³-hybridized carbons (Fsp3) is 0.440. The van der Waals surface area contributed by atoms with Gasteiger partial charge in [-0.15, -0.1) is 0 Å². The molecule has 2 aromatic carbocycles. The van der Waals surface area contributed by atoms with E-state index in [0.717, 1.165) is 11.1 Å². The van der Waals surface area contributed by atoms with Crippen LogP contribution in [0.15, 0.2) is 72.2 Å². The number of benzene rings is 2. The van der Waals surface area contributed by atoms with E-state index in [4.69, 9.17) is 13.8 Å². The first-order chi connectivity index (χ1) is 14.8. The van der Waals surface area contributed by atoms with Crippen molar-refractivity contribution in [3.63, 3.8) is 0 Å². The molecule has 0 aromatic heterocycles. The minimum atomic E-state index is -3.69. The molecule has 168 valence electrons. The molecule has 3 atom stereocenters. The van der Waals surface area contributed by atoms with Gasteiger partial charge in [0, 0.05) is 24.9 Å². The van der Waals surface area contributed by atoms with Gasteiger partial charge in [-0.25, -0.2) is 0 Å². The smallest absolute Gasteiger partial charge is 0.395 e.